The van der Waals surface area contributed by atoms with Gasteiger partial charge in [0.1, 0.15) is 22.2 Å². The molecule has 0 aromatic heterocycles. The number of halogens is 1. The first-order chi connectivity index (χ1) is 10.8. The highest BCUT2D eigenvalue weighted by molar-refractivity contribution is 8.26. The number of benzene rings is 1. The average Bonchev–Trinajstić information content (AvgIpc) is 2.70. The molecule has 0 saturated carbocycles. The monoisotopic (exact) mass is 356 g/mol. The molecule has 0 bridgehead atoms. The number of aromatic hydroxyl groups is 1. The Bertz CT molecular complexity index is 645. The van der Waals surface area contributed by atoms with Crippen LogP contribution in [0, 0.1) is 5.82 Å². The zero-order valence-electron chi connectivity index (χ0n) is 12.9. The number of carbonyl (C=O) groups excluding carboxylic acids is 2. The van der Waals surface area contributed by atoms with Crippen molar-refractivity contribution < 1.29 is 19.1 Å². The largest absolute Gasteiger partial charge is 0.507 e. The fourth-order valence-corrected chi connectivity index (χ4v) is 2.78. The molecule has 124 valence electrons. The maximum atomic E-state index is 13.1. The third kappa shape index (κ3) is 5.74. The van der Waals surface area contributed by atoms with E-state index in [1.807, 2.05) is 26.0 Å². The van der Waals surface area contributed by atoms with Gasteiger partial charge in [0.2, 0.25) is 0 Å². The summed E-state index contributed by atoms with van der Waals surface area (Å²) in [5.41, 5.74) is 0.187. The summed E-state index contributed by atoms with van der Waals surface area (Å²) in [5, 5.41) is 9.58. The van der Waals surface area contributed by atoms with E-state index in [2.05, 4.69) is 0 Å². The molecule has 23 heavy (non-hydrogen) atoms. The van der Waals surface area contributed by atoms with Gasteiger partial charge in [-0.3, -0.25) is 9.69 Å². The molecule has 5 nitrogen and oxygen atoms in total. The van der Waals surface area contributed by atoms with Crippen LogP contribution in [0.2, 0.25) is 0 Å². The van der Waals surface area contributed by atoms with Crippen LogP contribution in [-0.4, -0.2) is 59.1 Å². The van der Waals surface area contributed by atoms with Crippen LogP contribution < -0.4 is 0 Å². The first-order valence-electron chi connectivity index (χ1n) is 6.54. The smallest absolute Gasteiger partial charge is 0.266 e. The van der Waals surface area contributed by atoms with Gasteiger partial charge in [0, 0.05) is 5.56 Å². The number of phenolic OH excluding ortho intramolecular Hbond substituents is 1. The number of thiocarbonyl (C=S) groups is 1. The van der Waals surface area contributed by atoms with E-state index in [1.54, 1.807) is 0 Å². The second-order valence-corrected chi connectivity index (χ2v) is 6.68. The Morgan fingerprint density at radius 3 is 2.57 bits per heavy atom. The normalized spacial score (nSPS) is 15.9. The Kier molecular flexibility index (Phi) is 7.34. The van der Waals surface area contributed by atoms with Crippen LogP contribution in [0.1, 0.15) is 5.56 Å². The van der Waals surface area contributed by atoms with Crippen molar-refractivity contribution in [2.45, 2.75) is 0 Å². The molecule has 0 spiro atoms. The average molecular weight is 356 g/mol. The van der Waals surface area contributed by atoms with E-state index < -0.39 is 11.7 Å². The Morgan fingerprint density at radius 1 is 1.39 bits per heavy atom. The predicted molar refractivity (Wildman–Crippen MR) is 93.6 cm³/mol. The lowest BCUT2D eigenvalue weighted by Gasteiger charge is -2.08. The van der Waals surface area contributed by atoms with Crippen LogP contribution in [0.5, 0.6) is 5.75 Å². The molecular weight excluding hydrogens is 339 g/mol. The lowest BCUT2D eigenvalue weighted by molar-refractivity contribution is -0.124. The van der Waals surface area contributed by atoms with Crippen LogP contribution in [0.25, 0.3) is 6.08 Å². The second-order valence-electron chi connectivity index (χ2n) is 5.00. The van der Waals surface area contributed by atoms with Crippen molar-refractivity contribution in [3.63, 3.8) is 0 Å². The molecule has 1 N–H and O–H groups in total. The highest BCUT2D eigenvalue weighted by Crippen LogP contribution is 2.33. The third-order valence-corrected chi connectivity index (χ3v) is 3.78. The van der Waals surface area contributed by atoms with Crippen molar-refractivity contribution in [2.75, 3.05) is 27.7 Å². The zero-order valence-corrected chi connectivity index (χ0v) is 14.6. The quantitative estimate of drug-likeness (QED) is 0.508. The summed E-state index contributed by atoms with van der Waals surface area (Å²) in [6, 6.07) is 3.43. The van der Waals surface area contributed by atoms with E-state index in [4.69, 9.17) is 12.2 Å². The van der Waals surface area contributed by atoms with Gasteiger partial charge in [-0.05, 0) is 45.4 Å². The maximum absolute atomic E-state index is 13.1. The molecule has 1 aliphatic rings. The van der Waals surface area contributed by atoms with Gasteiger partial charge < -0.3 is 14.8 Å². The number of carbonyl (C=O) groups is 2. The van der Waals surface area contributed by atoms with Crippen molar-refractivity contribution in [3.05, 3.63) is 34.5 Å². The van der Waals surface area contributed by atoms with Gasteiger partial charge in [-0.1, -0.05) is 24.0 Å². The van der Waals surface area contributed by atoms with Crippen molar-refractivity contribution in [2.24, 2.45) is 0 Å². The van der Waals surface area contributed by atoms with E-state index in [0.29, 0.717) is 6.29 Å². The molecule has 1 saturated heterocycles. The van der Waals surface area contributed by atoms with Gasteiger partial charge >= 0.3 is 0 Å². The molecule has 1 amide bonds. The maximum Gasteiger partial charge on any atom is 0.266 e. The summed E-state index contributed by atoms with van der Waals surface area (Å²) < 4.78 is 13.3. The number of hydrogen-bond acceptors (Lipinski definition) is 6. The van der Waals surface area contributed by atoms with Gasteiger partial charge in [0.25, 0.3) is 5.91 Å². The summed E-state index contributed by atoms with van der Waals surface area (Å²) in [6.45, 7) is -0.114. The number of aldehydes is 1. The molecular formula is C15H17FN2O3S2. The molecule has 1 aromatic carbocycles. The summed E-state index contributed by atoms with van der Waals surface area (Å²) in [4.78, 5) is 25.8. The number of phenols is 1. The van der Waals surface area contributed by atoms with Crippen molar-refractivity contribution in [3.8, 4) is 5.75 Å². The molecule has 2 rings (SSSR count). The van der Waals surface area contributed by atoms with Crippen molar-refractivity contribution in [1.29, 1.82) is 0 Å². The molecule has 1 aliphatic heterocycles. The topological polar surface area (TPSA) is 60.9 Å². The fourth-order valence-electron chi connectivity index (χ4n) is 1.51. The van der Waals surface area contributed by atoms with Gasteiger partial charge in [-0.15, -0.1) is 0 Å². The molecule has 0 unspecified atom stereocenters. The van der Waals surface area contributed by atoms with E-state index in [-0.39, 0.29) is 27.1 Å². The number of nitrogens with zero attached hydrogens (tertiary/aromatic N) is 2. The van der Waals surface area contributed by atoms with Gasteiger partial charge in [0.05, 0.1) is 11.4 Å². The van der Waals surface area contributed by atoms with Gasteiger partial charge in [0.15, 0.2) is 0 Å². The SMILES string of the molecule is CN(C)C.O=CCN1C(=O)/C(=C/c2cc(F)ccc2O)SC1=S. The van der Waals surface area contributed by atoms with Crippen LogP contribution in [0.15, 0.2) is 23.1 Å². The predicted octanol–water partition coefficient (Wildman–Crippen LogP) is 2.11. The Hall–Kier alpha value is -1.77. The van der Waals surface area contributed by atoms with E-state index in [1.165, 1.54) is 12.1 Å². The summed E-state index contributed by atoms with van der Waals surface area (Å²) in [5.74, 6) is -1.08. The molecule has 1 fully saturated rings. The molecule has 0 atom stereocenters. The first kappa shape index (κ1) is 19.3. The highest BCUT2D eigenvalue weighted by Gasteiger charge is 2.31. The number of hydrogen-bond donors (Lipinski definition) is 1. The van der Waals surface area contributed by atoms with Crippen molar-refractivity contribution in [1.82, 2.24) is 9.80 Å². The Balaban J connectivity index is 0.000000593. The lowest BCUT2D eigenvalue weighted by atomic mass is 10.2. The minimum atomic E-state index is -0.521. The van der Waals surface area contributed by atoms with E-state index in [0.717, 1.165) is 28.8 Å². The van der Waals surface area contributed by atoms with Gasteiger partial charge in [-0.25, -0.2) is 4.39 Å². The van der Waals surface area contributed by atoms with Crippen molar-refractivity contribution >= 4 is 46.6 Å². The minimum Gasteiger partial charge on any atom is -0.507 e. The zero-order chi connectivity index (χ0) is 17.6. The molecule has 0 radical (unpaired) electrons. The van der Waals surface area contributed by atoms with Crippen LogP contribution in [0.4, 0.5) is 4.39 Å². The summed E-state index contributed by atoms with van der Waals surface area (Å²) in [7, 11) is 6.00. The molecule has 0 aliphatic carbocycles. The Morgan fingerprint density at radius 2 is 2.00 bits per heavy atom. The van der Waals surface area contributed by atoms with E-state index >= 15 is 0 Å². The number of rotatable bonds is 3. The van der Waals surface area contributed by atoms with Gasteiger partial charge in [-0.2, -0.15) is 0 Å². The highest BCUT2D eigenvalue weighted by atomic mass is 32.2. The minimum absolute atomic E-state index is 0.114. The lowest BCUT2D eigenvalue weighted by Crippen LogP contribution is -2.29. The van der Waals surface area contributed by atoms with E-state index in [9.17, 15) is 19.1 Å². The number of thioether (sulfide) groups is 1. The third-order valence-electron chi connectivity index (χ3n) is 2.41. The molecule has 8 heteroatoms. The second kappa shape index (κ2) is 8.76. The summed E-state index contributed by atoms with van der Waals surface area (Å²) >= 11 is 5.97. The fraction of sp³-hybridized carbons (Fsp3) is 0.267. The van der Waals surface area contributed by atoms with Crippen LogP contribution in [0.3, 0.4) is 0 Å². The molecule has 1 heterocycles. The standard InChI is InChI=1S/C12H8FNO3S2.C3H9N/c13-8-1-2-9(16)7(5-8)6-10-11(17)14(3-4-15)12(18)19-10;1-4(2)3/h1-2,4-6,16H,3H2;1-3H3/b10-6-;. The summed E-state index contributed by atoms with van der Waals surface area (Å²) in [6.07, 6.45) is 1.93. The van der Waals surface area contributed by atoms with Crippen LogP contribution >= 0.6 is 24.0 Å². The number of amides is 1. The first-order valence-corrected chi connectivity index (χ1v) is 7.77. The van der Waals surface area contributed by atoms with Crippen LogP contribution in [-0.2, 0) is 9.59 Å². The molecule has 1 aromatic rings. The Labute approximate surface area is 143 Å².